The number of nitrogens with two attached hydrogens (primary N) is 1. The fourth-order valence-corrected chi connectivity index (χ4v) is 1.84. The van der Waals surface area contributed by atoms with Gasteiger partial charge in [-0.3, -0.25) is 0 Å². The molecule has 0 bridgehead atoms. The molecule has 1 aromatic heterocycles. The molecule has 0 aliphatic heterocycles. The molecule has 0 saturated heterocycles. The highest BCUT2D eigenvalue weighted by Crippen LogP contribution is 2.19. The van der Waals surface area contributed by atoms with Gasteiger partial charge in [0, 0.05) is 29.3 Å². The number of hydrogen-bond donors (Lipinski definition) is 3. The number of anilines is 3. The maximum Gasteiger partial charge on any atom is 0.135 e. The average Bonchev–Trinajstić information content (AvgIpc) is 2.37. The van der Waals surface area contributed by atoms with Crippen LogP contribution in [0.4, 0.5) is 17.3 Å². The Morgan fingerprint density at radius 3 is 2.78 bits per heavy atom. The van der Waals surface area contributed by atoms with E-state index in [1.807, 2.05) is 30.3 Å². The summed E-state index contributed by atoms with van der Waals surface area (Å²) >= 11 is 3.43. The fraction of sp³-hybridized carbons (Fsp3) is 0.167. The monoisotopic (exact) mass is 307 g/mol. The van der Waals surface area contributed by atoms with Crippen molar-refractivity contribution in [3.63, 3.8) is 0 Å². The Labute approximate surface area is 114 Å². The lowest BCUT2D eigenvalue weighted by atomic mass is 10.3. The molecule has 6 heteroatoms. The summed E-state index contributed by atoms with van der Waals surface area (Å²) in [5.74, 6) is 1.50. The van der Waals surface area contributed by atoms with Crippen LogP contribution in [0.3, 0.4) is 0 Å². The standard InChI is InChI=1S/C12H14BrN5/c13-9-2-1-3-10(6-9)18-12-7-11(15-5-4-14)16-8-17-12/h1-3,6-8H,4-5,14H2,(H2,15,16,17,18). The zero-order valence-electron chi connectivity index (χ0n) is 9.73. The molecule has 4 N–H and O–H groups in total. The molecule has 0 aliphatic carbocycles. The summed E-state index contributed by atoms with van der Waals surface area (Å²) in [6.07, 6.45) is 1.51. The Kier molecular flexibility index (Phi) is 4.49. The van der Waals surface area contributed by atoms with Crippen LogP contribution in [0.25, 0.3) is 0 Å². The van der Waals surface area contributed by atoms with Crippen molar-refractivity contribution < 1.29 is 0 Å². The Morgan fingerprint density at radius 1 is 1.17 bits per heavy atom. The zero-order chi connectivity index (χ0) is 12.8. The van der Waals surface area contributed by atoms with Crippen molar-refractivity contribution >= 4 is 33.3 Å². The van der Waals surface area contributed by atoms with Gasteiger partial charge in [-0.1, -0.05) is 22.0 Å². The minimum Gasteiger partial charge on any atom is -0.369 e. The van der Waals surface area contributed by atoms with Crippen molar-refractivity contribution in [2.45, 2.75) is 0 Å². The second-order valence-electron chi connectivity index (χ2n) is 3.64. The minimum absolute atomic E-state index is 0.568. The van der Waals surface area contributed by atoms with Gasteiger partial charge < -0.3 is 16.4 Å². The maximum absolute atomic E-state index is 5.43. The van der Waals surface area contributed by atoms with Crippen molar-refractivity contribution in [2.75, 3.05) is 23.7 Å². The van der Waals surface area contributed by atoms with Gasteiger partial charge in [-0.05, 0) is 18.2 Å². The van der Waals surface area contributed by atoms with Crippen molar-refractivity contribution in [1.82, 2.24) is 9.97 Å². The number of nitrogens with zero attached hydrogens (tertiary/aromatic N) is 2. The summed E-state index contributed by atoms with van der Waals surface area (Å²) in [6, 6.07) is 9.73. The normalized spacial score (nSPS) is 10.1. The summed E-state index contributed by atoms with van der Waals surface area (Å²) < 4.78 is 1.02. The molecule has 18 heavy (non-hydrogen) atoms. The fourth-order valence-electron chi connectivity index (χ4n) is 1.44. The summed E-state index contributed by atoms with van der Waals surface area (Å²) in [4.78, 5) is 8.27. The van der Waals surface area contributed by atoms with Crippen molar-refractivity contribution in [1.29, 1.82) is 0 Å². The van der Waals surface area contributed by atoms with E-state index >= 15 is 0 Å². The number of halogens is 1. The Bertz CT molecular complexity index is 517. The molecule has 0 aliphatic rings. The van der Waals surface area contributed by atoms with Crippen molar-refractivity contribution in [3.05, 3.63) is 41.1 Å². The SMILES string of the molecule is NCCNc1cc(Nc2cccc(Br)c2)ncn1. The van der Waals surface area contributed by atoms with Gasteiger partial charge >= 0.3 is 0 Å². The Balaban J connectivity index is 2.09. The third kappa shape index (κ3) is 3.68. The summed E-state index contributed by atoms with van der Waals surface area (Å²) in [5.41, 5.74) is 6.39. The van der Waals surface area contributed by atoms with Crippen LogP contribution < -0.4 is 16.4 Å². The van der Waals surface area contributed by atoms with Gasteiger partial charge in [-0.25, -0.2) is 9.97 Å². The molecule has 0 amide bonds. The lowest BCUT2D eigenvalue weighted by molar-refractivity contribution is 1.00. The third-order valence-corrected chi connectivity index (χ3v) is 2.71. The Hall–Kier alpha value is -1.66. The molecule has 0 fully saturated rings. The number of hydrogen-bond acceptors (Lipinski definition) is 5. The summed E-state index contributed by atoms with van der Waals surface area (Å²) in [7, 11) is 0. The molecule has 0 spiro atoms. The molecule has 2 rings (SSSR count). The van der Waals surface area contributed by atoms with Gasteiger partial charge in [0.15, 0.2) is 0 Å². The lowest BCUT2D eigenvalue weighted by Gasteiger charge is -2.08. The average molecular weight is 308 g/mol. The number of benzene rings is 1. The number of aromatic nitrogens is 2. The predicted octanol–water partition coefficient (Wildman–Crippen LogP) is 2.35. The largest absolute Gasteiger partial charge is 0.369 e. The molecule has 94 valence electrons. The van der Waals surface area contributed by atoms with E-state index in [-0.39, 0.29) is 0 Å². The van der Waals surface area contributed by atoms with Crippen LogP contribution in [0.1, 0.15) is 0 Å². The zero-order valence-corrected chi connectivity index (χ0v) is 11.3. The molecular formula is C12H14BrN5. The van der Waals surface area contributed by atoms with Crippen LogP contribution >= 0.6 is 15.9 Å². The van der Waals surface area contributed by atoms with E-state index in [0.29, 0.717) is 13.1 Å². The molecular weight excluding hydrogens is 294 g/mol. The second kappa shape index (κ2) is 6.32. The number of nitrogens with one attached hydrogen (secondary N) is 2. The quantitative estimate of drug-likeness (QED) is 0.790. The van der Waals surface area contributed by atoms with Gasteiger partial charge in [-0.15, -0.1) is 0 Å². The minimum atomic E-state index is 0.568. The van der Waals surface area contributed by atoms with E-state index in [2.05, 4.69) is 36.5 Å². The first-order valence-electron chi connectivity index (χ1n) is 5.56. The van der Waals surface area contributed by atoms with E-state index in [9.17, 15) is 0 Å². The van der Waals surface area contributed by atoms with Crippen molar-refractivity contribution in [2.24, 2.45) is 5.73 Å². The summed E-state index contributed by atoms with van der Waals surface area (Å²) in [6.45, 7) is 1.26. The van der Waals surface area contributed by atoms with Crippen LogP contribution in [0, 0.1) is 0 Å². The van der Waals surface area contributed by atoms with Crippen molar-refractivity contribution in [3.8, 4) is 0 Å². The first-order valence-corrected chi connectivity index (χ1v) is 6.36. The summed E-state index contributed by atoms with van der Waals surface area (Å²) in [5, 5.41) is 6.32. The van der Waals surface area contributed by atoms with Crippen LogP contribution in [0.2, 0.25) is 0 Å². The maximum atomic E-state index is 5.43. The second-order valence-corrected chi connectivity index (χ2v) is 4.55. The molecule has 2 aromatic rings. The van der Waals surface area contributed by atoms with Gasteiger partial charge in [0.2, 0.25) is 0 Å². The molecule has 0 unspecified atom stereocenters. The van der Waals surface area contributed by atoms with Crippen LogP contribution in [-0.2, 0) is 0 Å². The van der Waals surface area contributed by atoms with E-state index < -0.39 is 0 Å². The predicted molar refractivity (Wildman–Crippen MR) is 77.0 cm³/mol. The highest BCUT2D eigenvalue weighted by molar-refractivity contribution is 9.10. The molecule has 0 radical (unpaired) electrons. The van der Waals surface area contributed by atoms with Gasteiger partial charge in [0.25, 0.3) is 0 Å². The van der Waals surface area contributed by atoms with Crippen LogP contribution in [0.5, 0.6) is 0 Å². The van der Waals surface area contributed by atoms with E-state index in [4.69, 9.17) is 5.73 Å². The topological polar surface area (TPSA) is 75.9 Å². The molecule has 5 nitrogen and oxygen atoms in total. The molecule has 0 atom stereocenters. The lowest BCUT2D eigenvalue weighted by Crippen LogP contribution is -2.14. The van der Waals surface area contributed by atoms with Crippen LogP contribution in [0.15, 0.2) is 41.1 Å². The first kappa shape index (κ1) is 12.8. The third-order valence-electron chi connectivity index (χ3n) is 2.21. The first-order chi connectivity index (χ1) is 8.78. The molecule has 1 heterocycles. The molecule has 0 saturated carbocycles. The van der Waals surface area contributed by atoms with E-state index in [0.717, 1.165) is 21.8 Å². The van der Waals surface area contributed by atoms with Gasteiger partial charge in [0.05, 0.1) is 0 Å². The highest BCUT2D eigenvalue weighted by atomic mass is 79.9. The van der Waals surface area contributed by atoms with Gasteiger partial charge in [-0.2, -0.15) is 0 Å². The highest BCUT2D eigenvalue weighted by Gasteiger charge is 1.99. The smallest absolute Gasteiger partial charge is 0.135 e. The Morgan fingerprint density at radius 2 is 2.00 bits per heavy atom. The number of rotatable bonds is 5. The van der Waals surface area contributed by atoms with Gasteiger partial charge in [0.1, 0.15) is 18.0 Å². The molecule has 1 aromatic carbocycles. The van der Waals surface area contributed by atoms with Crippen LogP contribution in [-0.4, -0.2) is 23.1 Å². The van der Waals surface area contributed by atoms with E-state index in [1.165, 1.54) is 6.33 Å². The van der Waals surface area contributed by atoms with E-state index in [1.54, 1.807) is 0 Å².